The fourth-order valence-electron chi connectivity index (χ4n) is 3.62. The van der Waals surface area contributed by atoms with Crippen LogP contribution in [0.15, 0.2) is 24.3 Å². The van der Waals surface area contributed by atoms with Gasteiger partial charge < -0.3 is 0 Å². The van der Waals surface area contributed by atoms with Crippen molar-refractivity contribution >= 4 is 5.78 Å². The molecule has 1 nitrogen and oxygen atoms in total. The predicted octanol–water partition coefficient (Wildman–Crippen LogP) is 3.12. The van der Waals surface area contributed by atoms with Gasteiger partial charge in [0.1, 0.15) is 5.78 Å². The Kier molecular flexibility index (Phi) is 2.27. The second-order valence-corrected chi connectivity index (χ2v) is 5.26. The third-order valence-electron chi connectivity index (χ3n) is 4.47. The molecule has 0 aromatic heterocycles. The maximum absolute atomic E-state index is 12.3. The number of Topliss-reactive ketones (excluding diaryl/α,β-unsaturated/α-hetero) is 1. The van der Waals surface area contributed by atoms with Crippen molar-refractivity contribution in [2.24, 2.45) is 23.7 Å². The van der Waals surface area contributed by atoms with Crippen molar-refractivity contribution < 1.29 is 4.79 Å². The number of carbonyl (C=O) groups is 1. The summed E-state index contributed by atoms with van der Waals surface area (Å²) < 4.78 is 0. The van der Waals surface area contributed by atoms with Crippen molar-refractivity contribution in [3.63, 3.8) is 0 Å². The van der Waals surface area contributed by atoms with Gasteiger partial charge in [-0.1, -0.05) is 24.3 Å². The van der Waals surface area contributed by atoms with Gasteiger partial charge in [-0.15, -0.1) is 0 Å². The lowest BCUT2D eigenvalue weighted by Crippen LogP contribution is -2.41. The Hall–Kier alpha value is -0.850. The Morgan fingerprint density at radius 3 is 1.80 bits per heavy atom. The first kappa shape index (κ1) is 9.38. The number of fused-ring (bicyclic) bond motifs is 2. The molecule has 1 heteroatoms. The molecule has 0 spiro atoms. The summed E-state index contributed by atoms with van der Waals surface area (Å²) in [7, 11) is 0. The second kappa shape index (κ2) is 3.62. The molecule has 3 aliphatic rings. The molecule has 3 aliphatic carbocycles. The molecule has 0 unspecified atom stereocenters. The van der Waals surface area contributed by atoms with Crippen LogP contribution in [0, 0.1) is 23.7 Å². The van der Waals surface area contributed by atoms with E-state index < -0.39 is 0 Å². The number of allylic oxidation sites excluding steroid dienone is 4. The van der Waals surface area contributed by atoms with Gasteiger partial charge in [0.15, 0.2) is 0 Å². The Labute approximate surface area is 91.2 Å². The topological polar surface area (TPSA) is 17.1 Å². The van der Waals surface area contributed by atoms with E-state index in [-0.39, 0.29) is 0 Å². The quantitative estimate of drug-likeness (QED) is 0.551. The minimum Gasteiger partial charge on any atom is -0.299 e. The number of hydrogen-bond donors (Lipinski definition) is 0. The van der Waals surface area contributed by atoms with Crippen molar-refractivity contribution in [1.82, 2.24) is 0 Å². The molecule has 0 radical (unpaired) electrons. The highest BCUT2D eigenvalue weighted by Crippen LogP contribution is 2.45. The molecule has 0 aliphatic heterocycles. The zero-order valence-corrected chi connectivity index (χ0v) is 9.06. The first-order valence-electron chi connectivity index (χ1n) is 6.20. The van der Waals surface area contributed by atoms with Gasteiger partial charge in [-0.25, -0.2) is 0 Å². The Bertz CT molecular complexity index is 296. The molecule has 0 bridgehead atoms. The van der Waals surface area contributed by atoms with Crippen molar-refractivity contribution in [2.45, 2.75) is 32.1 Å². The molecular weight excluding hydrogens is 184 g/mol. The summed E-state index contributed by atoms with van der Waals surface area (Å²) in [5.41, 5.74) is 0. The summed E-state index contributed by atoms with van der Waals surface area (Å²) >= 11 is 0. The van der Waals surface area contributed by atoms with Crippen molar-refractivity contribution in [3.05, 3.63) is 24.3 Å². The molecule has 15 heavy (non-hydrogen) atoms. The molecule has 0 N–H and O–H groups in total. The number of ketones is 1. The smallest absolute Gasteiger partial charge is 0.140 e. The van der Waals surface area contributed by atoms with Crippen molar-refractivity contribution in [3.8, 4) is 0 Å². The minimum atomic E-state index is 0.364. The number of hydrogen-bond acceptors (Lipinski definition) is 1. The van der Waals surface area contributed by atoms with Crippen LogP contribution in [0.25, 0.3) is 0 Å². The monoisotopic (exact) mass is 202 g/mol. The summed E-state index contributed by atoms with van der Waals surface area (Å²) in [4.78, 5) is 12.3. The minimum absolute atomic E-state index is 0.364. The zero-order valence-electron chi connectivity index (χ0n) is 9.06. The SMILES string of the molecule is O=C1[C@H]2CC=CC[C@@H]2C[C@H]2CC=CC[C@@H]12. The molecule has 0 saturated heterocycles. The highest BCUT2D eigenvalue weighted by Gasteiger charge is 2.43. The lowest BCUT2D eigenvalue weighted by molar-refractivity contribution is -0.134. The van der Waals surface area contributed by atoms with E-state index in [1.807, 2.05) is 0 Å². The lowest BCUT2D eigenvalue weighted by Gasteiger charge is -2.42. The number of rotatable bonds is 0. The van der Waals surface area contributed by atoms with Crippen LogP contribution in [-0.4, -0.2) is 5.78 Å². The molecule has 0 amide bonds. The molecular formula is C14H18O. The average Bonchev–Trinajstić information content (AvgIpc) is 2.30. The Morgan fingerprint density at radius 2 is 1.27 bits per heavy atom. The van der Waals surface area contributed by atoms with Crippen LogP contribution in [-0.2, 0) is 4.79 Å². The molecule has 1 saturated carbocycles. The van der Waals surface area contributed by atoms with Crippen molar-refractivity contribution in [1.29, 1.82) is 0 Å². The fraction of sp³-hybridized carbons (Fsp3) is 0.643. The summed E-state index contributed by atoms with van der Waals surface area (Å²) in [6.07, 6.45) is 14.5. The van der Waals surface area contributed by atoms with E-state index in [1.54, 1.807) is 0 Å². The summed E-state index contributed by atoms with van der Waals surface area (Å²) in [5, 5.41) is 0. The van der Waals surface area contributed by atoms with Crippen LogP contribution < -0.4 is 0 Å². The van der Waals surface area contributed by atoms with E-state index in [9.17, 15) is 4.79 Å². The second-order valence-electron chi connectivity index (χ2n) is 5.26. The van der Waals surface area contributed by atoms with E-state index in [1.165, 1.54) is 6.42 Å². The first-order valence-corrected chi connectivity index (χ1v) is 6.20. The van der Waals surface area contributed by atoms with Gasteiger partial charge >= 0.3 is 0 Å². The largest absolute Gasteiger partial charge is 0.299 e. The first-order chi connectivity index (χ1) is 7.36. The van der Waals surface area contributed by atoms with Crippen molar-refractivity contribution in [2.75, 3.05) is 0 Å². The van der Waals surface area contributed by atoms with Crippen LogP contribution in [0.5, 0.6) is 0 Å². The molecule has 1 fully saturated rings. The van der Waals surface area contributed by atoms with Crippen LogP contribution in [0.1, 0.15) is 32.1 Å². The number of carbonyl (C=O) groups excluding carboxylic acids is 1. The van der Waals surface area contributed by atoms with E-state index in [2.05, 4.69) is 24.3 Å². The van der Waals surface area contributed by atoms with E-state index in [0.29, 0.717) is 29.5 Å². The van der Waals surface area contributed by atoms with Gasteiger partial charge in [-0.3, -0.25) is 4.79 Å². The summed E-state index contributed by atoms with van der Waals surface area (Å²) in [6, 6.07) is 0. The molecule has 4 atom stereocenters. The van der Waals surface area contributed by atoms with Gasteiger partial charge in [0.25, 0.3) is 0 Å². The molecule has 3 rings (SSSR count). The molecule has 0 aromatic rings. The third-order valence-corrected chi connectivity index (χ3v) is 4.47. The van der Waals surface area contributed by atoms with Gasteiger partial charge in [-0.05, 0) is 43.9 Å². The average molecular weight is 202 g/mol. The lowest BCUT2D eigenvalue weighted by atomic mass is 9.61. The molecule has 0 heterocycles. The van der Waals surface area contributed by atoms with Crippen LogP contribution >= 0.6 is 0 Å². The van der Waals surface area contributed by atoms with Gasteiger partial charge in [-0.2, -0.15) is 0 Å². The highest BCUT2D eigenvalue weighted by molar-refractivity contribution is 5.85. The third kappa shape index (κ3) is 1.49. The zero-order chi connectivity index (χ0) is 10.3. The molecule has 80 valence electrons. The van der Waals surface area contributed by atoms with E-state index in [4.69, 9.17) is 0 Å². The van der Waals surface area contributed by atoms with Gasteiger partial charge in [0, 0.05) is 11.8 Å². The maximum atomic E-state index is 12.3. The van der Waals surface area contributed by atoms with E-state index in [0.717, 1.165) is 25.7 Å². The summed E-state index contributed by atoms with van der Waals surface area (Å²) in [6.45, 7) is 0. The van der Waals surface area contributed by atoms with Crippen LogP contribution in [0.3, 0.4) is 0 Å². The Balaban J connectivity index is 1.86. The normalized spacial score (nSPS) is 43.6. The molecule has 0 aromatic carbocycles. The van der Waals surface area contributed by atoms with Crippen LogP contribution in [0.2, 0.25) is 0 Å². The standard InChI is InChI=1S/C14H18O/c15-14-12-7-3-1-5-10(12)9-11-6-2-4-8-13(11)14/h1-4,10-13H,5-9H2/t10-,11-,12-,13+/m1/s1. The fourth-order valence-corrected chi connectivity index (χ4v) is 3.62. The van der Waals surface area contributed by atoms with Gasteiger partial charge in [0.2, 0.25) is 0 Å². The van der Waals surface area contributed by atoms with Crippen LogP contribution in [0.4, 0.5) is 0 Å². The van der Waals surface area contributed by atoms with Gasteiger partial charge in [0.05, 0.1) is 0 Å². The highest BCUT2D eigenvalue weighted by atomic mass is 16.1. The summed E-state index contributed by atoms with van der Waals surface area (Å²) in [5.74, 6) is 2.63. The predicted molar refractivity (Wildman–Crippen MR) is 60.3 cm³/mol. The Morgan fingerprint density at radius 1 is 0.800 bits per heavy atom. The van der Waals surface area contributed by atoms with E-state index >= 15 is 0 Å². The maximum Gasteiger partial charge on any atom is 0.140 e.